The van der Waals surface area contributed by atoms with Crippen molar-refractivity contribution in [3.63, 3.8) is 0 Å². The van der Waals surface area contributed by atoms with E-state index in [-0.39, 0.29) is 17.0 Å². The molecule has 0 unspecified atom stereocenters. The lowest BCUT2D eigenvalue weighted by molar-refractivity contribution is -0.384. The molecular weight excluding hydrogens is 250 g/mol. The molecule has 0 aliphatic carbocycles. The highest BCUT2D eigenvalue weighted by molar-refractivity contribution is 7.91. The van der Waals surface area contributed by atoms with Gasteiger partial charge in [0.2, 0.25) is 6.29 Å². The van der Waals surface area contributed by atoms with Gasteiger partial charge in [0.05, 0.1) is 4.92 Å². The van der Waals surface area contributed by atoms with Gasteiger partial charge in [0, 0.05) is 24.0 Å². The lowest BCUT2D eigenvalue weighted by Gasteiger charge is -2.10. The van der Waals surface area contributed by atoms with Gasteiger partial charge in [0.1, 0.15) is 5.75 Å². The highest BCUT2D eigenvalue weighted by Crippen LogP contribution is 2.41. The van der Waals surface area contributed by atoms with Gasteiger partial charge in [-0.3, -0.25) is 10.1 Å². The standard InChI is InChI=1S/C9H9NO6S/c1-17(14,15)8-6-4-5(10(12)13)2-3-7(6)16-9(8)11/h2-4,8-9,11H,1H3/t8-,9-/m1/s1. The predicted molar refractivity (Wildman–Crippen MR) is 57.3 cm³/mol. The summed E-state index contributed by atoms with van der Waals surface area (Å²) >= 11 is 0. The van der Waals surface area contributed by atoms with Crippen LogP contribution in [-0.4, -0.2) is 31.0 Å². The molecule has 92 valence electrons. The second kappa shape index (κ2) is 3.67. The number of aliphatic hydroxyl groups excluding tert-OH is 1. The lowest BCUT2D eigenvalue weighted by Crippen LogP contribution is -2.24. The van der Waals surface area contributed by atoms with Crippen molar-refractivity contribution < 1.29 is 23.2 Å². The number of hydrogen-bond donors (Lipinski definition) is 1. The number of nitro groups is 1. The minimum Gasteiger partial charge on any atom is -0.463 e. The molecule has 1 N–H and O–H groups in total. The number of nitrogens with zero attached hydrogens (tertiary/aromatic N) is 1. The molecule has 0 aromatic heterocycles. The fourth-order valence-corrected chi connectivity index (χ4v) is 2.89. The largest absolute Gasteiger partial charge is 0.463 e. The predicted octanol–water partition coefficient (Wildman–Crippen LogP) is 0.391. The van der Waals surface area contributed by atoms with Gasteiger partial charge < -0.3 is 9.84 Å². The Kier molecular flexibility index (Phi) is 2.55. The number of ether oxygens (including phenoxy) is 1. The number of nitro benzene ring substituents is 1. The Bertz CT molecular complexity index is 581. The van der Waals surface area contributed by atoms with Gasteiger partial charge in [0.15, 0.2) is 15.1 Å². The molecule has 0 amide bonds. The number of rotatable bonds is 2. The number of benzene rings is 1. The molecule has 0 fully saturated rings. The third-order valence-corrected chi connectivity index (χ3v) is 3.89. The third-order valence-electron chi connectivity index (χ3n) is 2.48. The molecule has 1 aromatic rings. The first-order chi connectivity index (χ1) is 7.80. The van der Waals surface area contributed by atoms with E-state index in [4.69, 9.17) is 4.74 Å². The maximum absolute atomic E-state index is 11.5. The number of aliphatic hydroxyl groups is 1. The summed E-state index contributed by atoms with van der Waals surface area (Å²) in [5, 5.41) is 18.8. The molecule has 17 heavy (non-hydrogen) atoms. The highest BCUT2D eigenvalue weighted by Gasteiger charge is 2.41. The molecule has 0 spiro atoms. The average Bonchev–Trinajstić information content (AvgIpc) is 2.51. The van der Waals surface area contributed by atoms with Crippen LogP contribution in [0.4, 0.5) is 5.69 Å². The zero-order chi connectivity index (χ0) is 12.8. The Morgan fingerprint density at radius 1 is 1.47 bits per heavy atom. The Morgan fingerprint density at radius 3 is 2.65 bits per heavy atom. The summed E-state index contributed by atoms with van der Waals surface area (Å²) < 4.78 is 27.9. The number of hydrogen-bond acceptors (Lipinski definition) is 6. The number of fused-ring (bicyclic) bond motifs is 1. The van der Waals surface area contributed by atoms with E-state index in [1.165, 1.54) is 12.1 Å². The molecule has 1 aromatic carbocycles. The van der Waals surface area contributed by atoms with Crippen molar-refractivity contribution in [1.29, 1.82) is 0 Å². The van der Waals surface area contributed by atoms with Crippen molar-refractivity contribution in [2.24, 2.45) is 0 Å². The summed E-state index contributed by atoms with van der Waals surface area (Å²) in [5.74, 6) is 0.151. The van der Waals surface area contributed by atoms with Crippen LogP contribution in [0.3, 0.4) is 0 Å². The number of sulfone groups is 1. The summed E-state index contributed by atoms with van der Waals surface area (Å²) in [6.07, 6.45) is -0.583. The first-order valence-corrected chi connectivity index (χ1v) is 6.58. The second-order valence-corrected chi connectivity index (χ2v) is 5.90. The maximum Gasteiger partial charge on any atom is 0.270 e. The van der Waals surface area contributed by atoms with E-state index in [0.717, 1.165) is 12.3 Å². The van der Waals surface area contributed by atoms with Crippen LogP contribution in [0.15, 0.2) is 18.2 Å². The van der Waals surface area contributed by atoms with Crippen molar-refractivity contribution in [2.45, 2.75) is 11.5 Å². The fourth-order valence-electron chi connectivity index (χ4n) is 1.77. The molecular formula is C9H9NO6S. The summed E-state index contributed by atoms with van der Waals surface area (Å²) in [5.41, 5.74) is -0.121. The maximum atomic E-state index is 11.5. The monoisotopic (exact) mass is 259 g/mol. The van der Waals surface area contributed by atoms with E-state index < -0.39 is 26.3 Å². The molecule has 0 saturated carbocycles. The van der Waals surface area contributed by atoms with E-state index in [0.29, 0.717) is 0 Å². The zero-order valence-corrected chi connectivity index (χ0v) is 9.55. The quantitative estimate of drug-likeness (QED) is 0.608. The molecule has 0 bridgehead atoms. The van der Waals surface area contributed by atoms with Gasteiger partial charge in [-0.2, -0.15) is 0 Å². The van der Waals surface area contributed by atoms with Gasteiger partial charge >= 0.3 is 0 Å². The molecule has 0 radical (unpaired) electrons. The van der Waals surface area contributed by atoms with E-state index in [1.54, 1.807) is 0 Å². The lowest BCUT2D eigenvalue weighted by atomic mass is 10.1. The van der Waals surface area contributed by atoms with Crippen molar-refractivity contribution in [3.8, 4) is 5.75 Å². The molecule has 7 nitrogen and oxygen atoms in total. The van der Waals surface area contributed by atoms with E-state index in [1.807, 2.05) is 0 Å². The Morgan fingerprint density at radius 2 is 2.12 bits per heavy atom. The SMILES string of the molecule is CS(=O)(=O)[C@@H]1c2cc([N+](=O)[O-])ccc2O[C@H]1O. The Labute approximate surface area is 96.7 Å². The van der Waals surface area contributed by atoms with Crippen molar-refractivity contribution in [3.05, 3.63) is 33.9 Å². The van der Waals surface area contributed by atoms with Crippen LogP contribution in [0.2, 0.25) is 0 Å². The smallest absolute Gasteiger partial charge is 0.270 e. The van der Waals surface area contributed by atoms with Gasteiger partial charge in [0.25, 0.3) is 5.69 Å². The van der Waals surface area contributed by atoms with E-state index in [9.17, 15) is 23.6 Å². The van der Waals surface area contributed by atoms with Crippen LogP contribution in [0.25, 0.3) is 0 Å². The summed E-state index contributed by atoms with van der Waals surface area (Å²) in [6.45, 7) is 0. The average molecular weight is 259 g/mol. The third kappa shape index (κ3) is 1.96. The van der Waals surface area contributed by atoms with Crippen LogP contribution in [0, 0.1) is 10.1 Å². The van der Waals surface area contributed by atoms with Gasteiger partial charge in [-0.1, -0.05) is 0 Å². The molecule has 1 heterocycles. The zero-order valence-electron chi connectivity index (χ0n) is 8.73. The van der Waals surface area contributed by atoms with Crippen LogP contribution in [-0.2, 0) is 9.84 Å². The molecule has 1 aliphatic rings. The normalized spacial score (nSPS) is 22.9. The Hall–Kier alpha value is -1.67. The van der Waals surface area contributed by atoms with Crippen molar-refractivity contribution in [2.75, 3.05) is 6.26 Å². The van der Waals surface area contributed by atoms with Crippen LogP contribution >= 0.6 is 0 Å². The first-order valence-electron chi connectivity index (χ1n) is 4.62. The van der Waals surface area contributed by atoms with E-state index >= 15 is 0 Å². The second-order valence-electron chi connectivity index (χ2n) is 3.74. The summed E-state index contributed by atoms with van der Waals surface area (Å²) in [6, 6.07) is 3.58. The van der Waals surface area contributed by atoms with E-state index in [2.05, 4.69) is 0 Å². The highest BCUT2D eigenvalue weighted by atomic mass is 32.2. The van der Waals surface area contributed by atoms with Gasteiger partial charge in [-0.15, -0.1) is 0 Å². The molecule has 1 aliphatic heterocycles. The molecule has 8 heteroatoms. The molecule has 2 atom stereocenters. The van der Waals surface area contributed by atoms with Gasteiger partial charge in [-0.25, -0.2) is 8.42 Å². The minimum absolute atomic E-state index is 0.120. The van der Waals surface area contributed by atoms with Crippen molar-refractivity contribution in [1.82, 2.24) is 0 Å². The van der Waals surface area contributed by atoms with Gasteiger partial charge in [-0.05, 0) is 6.07 Å². The summed E-state index contributed by atoms with van der Waals surface area (Å²) in [4.78, 5) is 9.96. The van der Waals surface area contributed by atoms with Crippen LogP contribution < -0.4 is 4.74 Å². The van der Waals surface area contributed by atoms with Crippen LogP contribution in [0.1, 0.15) is 10.8 Å². The summed E-state index contributed by atoms with van der Waals surface area (Å²) in [7, 11) is -3.61. The first kappa shape index (κ1) is 11.8. The number of non-ortho nitro benzene ring substituents is 1. The fraction of sp³-hybridized carbons (Fsp3) is 0.333. The Balaban J connectivity index is 2.58. The van der Waals surface area contributed by atoms with Crippen molar-refractivity contribution >= 4 is 15.5 Å². The topological polar surface area (TPSA) is 107 Å². The van der Waals surface area contributed by atoms with Crippen LogP contribution in [0.5, 0.6) is 5.75 Å². The minimum atomic E-state index is -3.61. The molecule has 0 saturated heterocycles. The molecule has 2 rings (SSSR count).